The number of anilines is 1. The van der Waals surface area contributed by atoms with Crippen molar-refractivity contribution < 1.29 is 18.7 Å². The number of rotatable bonds is 4. The van der Waals surface area contributed by atoms with Gasteiger partial charge in [-0.05, 0) is 50.1 Å². The lowest BCUT2D eigenvalue weighted by Crippen LogP contribution is -2.47. The number of benzene rings is 1. The van der Waals surface area contributed by atoms with Crippen LogP contribution in [0.15, 0.2) is 36.4 Å². The van der Waals surface area contributed by atoms with E-state index in [0.717, 1.165) is 18.5 Å². The highest BCUT2D eigenvalue weighted by Crippen LogP contribution is 2.28. The quantitative estimate of drug-likeness (QED) is 0.790. The average molecular weight is 398 g/mol. The summed E-state index contributed by atoms with van der Waals surface area (Å²) in [5.41, 5.74) is 1.43. The van der Waals surface area contributed by atoms with Gasteiger partial charge in [0.05, 0.1) is 18.2 Å². The van der Waals surface area contributed by atoms with Crippen molar-refractivity contribution in [2.45, 2.75) is 32.3 Å². The molecule has 0 bridgehead atoms. The summed E-state index contributed by atoms with van der Waals surface area (Å²) < 4.78 is 19.0. The van der Waals surface area contributed by atoms with Gasteiger partial charge in [0.1, 0.15) is 11.9 Å². The molecule has 2 aliphatic rings. The lowest BCUT2D eigenvalue weighted by Gasteiger charge is -2.34. The van der Waals surface area contributed by atoms with Gasteiger partial charge in [-0.1, -0.05) is 0 Å². The van der Waals surface area contributed by atoms with Crippen molar-refractivity contribution in [3.05, 3.63) is 47.9 Å². The Morgan fingerprint density at radius 2 is 1.93 bits per heavy atom. The second-order valence-corrected chi connectivity index (χ2v) is 7.56. The zero-order valence-electron chi connectivity index (χ0n) is 16.3. The van der Waals surface area contributed by atoms with Gasteiger partial charge in [-0.2, -0.15) is 5.10 Å². The first kappa shape index (κ1) is 19.3. The van der Waals surface area contributed by atoms with Crippen LogP contribution in [0, 0.1) is 18.7 Å². The van der Waals surface area contributed by atoms with Crippen molar-refractivity contribution in [1.82, 2.24) is 15.1 Å². The van der Waals surface area contributed by atoms with Crippen LogP contribution >= 0.6 is 0 Å². The van der Waals surface area contributed by atoms with Crippen LogP contribution in [-0.4, -0.2) is 52.6 Å². The third-order valence-electron chi connectivity index (χ3n) is 5.36. The maximum atomic E-state index is 13.1. The first-order chi connectivity index (χ1) is 14.0. The van der Waals surface area contributed by atoms with Gasteiger partial charge in [-0.3, -0.25) is 9.59 Å². The average Bonchev–Trinajstić information content (AvgIpc) is 3.11. The number of likely N-dealkylation sites (tertiary alicyclic amines) is 1. The number of amides is 2. The number of aromatic nitrogens is 2. The molecule has 2 aromatic rings. The molecule has 2 aliphatic heterocycles. The lowest BCUT2D eigenvalue weighted by atomic mass is 10.0. The second-order valence-electron chi connectivity index (χ2n) is 7.56. The van der Waals surface area contributed by atoms with Gasteiger partial charge in [0.25, 0.3) is 0 Å². The molecule has 0 aliphatic carbocycles. The Bertz CT molecular complexity index is 888. The second kappa shape index (κ2) is 8.14. The molecule has 2 fully saturated rings. The molecule has 0 spiro atoms. The smallest absolute Gasteiger partial charge is 0.233 e. The molecule has 0 saturated carbocycles. The Hall–Kier alpha value is -3.03. The summed E-state index contributed by atoms with van der Waals surface area (Å²) >= 11 is 0. The first-order valence-corrected chi connectivity index (χ1v) is 9.81. The minimum absolute atomic E-state index is 0.0359. The molecule has 2 saturated heterocycles. The SMILES string of the molecule is Cc1ccc(OC2CCCN(C(=O)C3CC(=O)N(c4ccc(F)cc4)C3)C2)nn1. The Balaban J connectivity index is 1.38. The van der Waals surface area contributed by atoms with E-state index in [0.29, 0.717) is 31.2 Å². The van der Waals surface area contributed by atoms with E-state index in [1.165, 1.54) is 12.1 Å². The molecule has 29 heavy (non-hydrogen) atoms. The number of piperidine rings is 1. The van der Waals surface area contributed by atoms with Crippen molar-refractivity contribution in [2.75, 3.05) is 24.5 Å². The van der Waals surface area contributed by atoms with Crippen LogP contribution in [0.4, 0.5) is 10.1 Å². The lowest BCUT2D eigenvalue weighted by molar-refractivity contribution is -0.138. The van der Waals surface area contributed by atoms with E-state index in [4.69, 9.17) is 4.74 Å². The molecule has 4 rings (SSSR count). The minimum atomic E-state index is -0.398. The van der Waals surface area contributed by atoms with Gasteiger partial charge >= 0.3 is 0 Å². The molecule has 2 atom stereocenters. The molecule has 7 nitrogen and oxygen atoms in total. The number of hydrogen-bond donors (Lipinski definition) is 0. The number of carbonyl (C=O) groups is 2. The summed E-state index contributed by atoms with van der Waals surface area (Å²) in [7, 11) is 0. The van der Waals surface area contributed by atoms with Crippen molar-refractivity contribution in [2.24, 2.45) is 5.92 Å². The Morgan fingerprint density at radius 3 is 2.66 bits per heavy atom. The first-order valence-electron chi connectivity index (χ1n) is 9.81. The van der Waals surface area contributed by atoms with Crippen LogP contribution < -0.4 is 9.64 Å². The number of ether oxygens (including phenoxy) is 1. The molecule has 0 N–H and O–H groups in total. The van der Waals surface area contributed by atoms with Crippen molar-refractivity contribution in [3.63, 3.8) is 0 Å². The van der Waals surface area contributed by atoms with Gasteiger partial charge in [0.2, 0.25) is 17.7 Å². The highest BCUT2D eigenvalue weighted by molar-refractivity contribution is 6.00. The van der Waals surface area contributed by atoms with E-state index in [1.807, 2.05) is 13.0 Å². The van der Waals surface area contributed by atoms with Crippen LogP contribution in [0.3, 0.4) is 0 Å². The number of carbonyl (C=O) groups excluding carboxylic acids is 2. The Morgan fingerprint density at radius 1 is 1.14 bits per heavy atom. The molecule has 2 amide bonds. The maximum absolute atomic E-state index is 13.1. The summed E-state index contributed by atoms with van der Waals surface area (Å²) in [5.74, 6) is -0.453. The van der Waals surface area contributed by atoms with Gasteiger partial charge in [0, 0.05) is 31.3 Å². The van der Waals surface area contributed by atoms with Crippen molar-refractivity contribution in [3.8, 4) is 5.88 Å². The molecular formula is C21H23FN4O3. The van der Waals surface area contributed by atoms with Crippen LogP contribution in [-0.2, 0) is 9.59 Å². The van der Waals surface area contributed by atoms with E-state index < -0.39 is 5.92 Å². The fraction of sp³-hybridized carbons (Fsp3) is 0.429. The van der Waals surface area contributed by atoms with Crippen LogP contribution in [0.1, 0.15) is 25.0 Å². The van der Waals surface area contributed by atoms with Gasteiger partial charge in [-0.25, -0.2) is 4.39 Å². The number of nitrogens with zero attached hydrogens (tertiary/aromatic N) is 4. The predicted octanol–water partition coefficient (Wildman–Crippen LogP) is 2.35. The molecule has 152 valence electrons. The molecule has 3 heterocycles. The summed E-state index contributed by atoms with van der Waals surface area (Å²) in [5, 5.41) is 8.02. The number of halogens is 1. The maximum Gasteiger partial charge on any atom is 0.233 e. The van der Waals surface area contributed by atoms with E-state index in [9.17, 15) is 14.0 Å². The van der Waals surface area contributed by atoms with Gasteiger partial charge in [-0.15, -0.1) is 5.10 Å². The summed E-state index contributed by atoms with van der Waals surface area (Å²) in [6, 6.07) is 9.37. The minimum Gasteiger partial charge on any atom is -0.471 e. The monoisotopic (exact) mass is 398 g/mol. The largest absolute Gasteiger partial charge is 0.471 e. The molecule has 2 unspecified atom stereocenters. The molecule has 0 radical (unpaired) electrons. The van der Waals surface area contributed by atoms with Crippen molar-refractivity contribution >= 4 is 17.5 Å². The number of hydrogen-bond acceptors (Lipinski definition) is 5. The highest BCUT2D eigenvalue weighted by atomic mass is 19.1. The normalized spacial score (nSPS) is 22.1. The van der Waals surface area contributed by atoms with Crippen LogP contribution in [0.25, 0.3) is 0 Å². The highest BCUT2D eigenvalue weighted by Gasteiger charge is 2.38. The fourth-order valence-corrected chi connectivity index (χ4v) is 3.86. The van der Waals surface area contributed by atoms with E-state index in [-0.39, 0.29) is 30.2 Å². The van der Waals surface area contributed by atoms with Crippen LogP contribution in [0.5, 0.6) is 5.88 Å². The van der Waals surface area contributed by atoms with E-state index >= 15 is 0 Å². The zero-order chi connectivity index (χ0) is 20.4. The summed E-state index contributed by atoms with van der Waals surface area (Å²) in [4.78, 5) is 28.8. The third kappa shape index (κ3) is 4.36. The summed E-state index contributed by atoms with van der Waals surface area (Å²) in [6.07, 6.45) is 1.69. The molecule has 1 aromatic heterocycles. The van der Waals surface area contributed by atoms with Gasteiger partial charge < -0.3 is 14.5 Å². The Kier molecular flexibility index (Phi) is 5.42. The van der Waals surface area contributed by atoms with E-state index in [2.05, 4.69) is 10.2 Å². The van der Waals surface area contributed by atoms with Crippen molar-refractivity contribution in [1.29, 1.82) is 0 Å². The fourth-order valence-electron chi connectivity index (χ4n) is 3.86. The topological polar surface area (TPSA) is 75.6 Å². The Labute approximate surface area is 168 Å². The molecular weight excluding hydrogens is 375 g/mol. The standard InChI is InChI=1S/C21H23FN4O3/c1-14-4-9-19(24-23-14)29-18-3-2-10-25(13-18)21(28)15-11-20(27)26(12-15)17-7-5-16(22)6-8-17/h4-9,15,18H,2-3,10-13H2,1H3. The van der Waals surface area contributed by atoms with Crippen LogP contribution in [0.2, 0.25) is 0 Å². The third-order valence-corrected chi connectivity index (χ3v) is 5.36. The zero-order valence-corrected chi connectivity index (χ0v) is 16.3. The van der Waals surface area contributed by atoms with E-state index in [1.54, 1.807) is 28.0 Å². The predicted molar refractivity (Wildman–Crippen MR) is 104 cm³/mol. The van der Waals surface area contributed by atoms with Gasteiger partial charge in [0.15, 0.2) is 0 Å². The molecule has 8 heteroatoms. The number of aryl methyl sites for hydroxylation is 1. The summed E-state index contributed by atoms with van der Waals surface area (Å²) in [6.45, 7) is 3.29. The molecule has 1 aromatic carbocycles.